The Labute approximate surface area is 84.1 Å². The van der Waals surface area contributed by atoms with E-state index in [1.807, 2.05) is 6.92 Å². The molecule has 3 N–H and O–H groups in total. The Balaban J connectivity index is 2.88. The normalized spacial score (nSPS) is 13.5. The van der Waals surface area contributed by atoms with E-state index in [0.717, 1.165) is 12.2 Å². The van der Waals surface area contributed by atoms with Gasteiger partial charge >= 0.3 is 0 Å². The predicted octanol–water partition coefficient (Wildman–Crippen LogP) is 0.895. The Morgan fingerprint density at radius 2 is 2.14 bits per heavy atom. The van der Waals surface area contributed by atoms with Crippen molar-refractivity contribution in [1.82, 2.24) is 9.78 Å². The Bertz CT molecular complexity index is 337. The van der Waals surface area contributed by atoms with E-state index in [1.54, 1.807) is 10.7 Å². The fourth-order valence-electron chi connectivity index (χ4n) is 1.33. The zero-order valence-electron chi connectivity index (χ0n) is 9.08. The van der Waals surface area contributed by atoms with Gasteiger partial charge in [0, 0.05) is 30.8 Å². The number of H-pyrrole nitrogens is 1. The van der Waals surface area contributed by atoms with Crippen LogP contribution >= 0.6 is 0 Å². The molecule has 0 aliphatic heterocycles. The fourth-order valence-corrected chi connectivity index (χ4v) is 1.33. The van der Waals surface area contributed by atoms with Crippen molar-refractivity contribution in [2.75, 3.05) is 6.54 Å². The maximum Gasteiger partial charge on any atom is 0.266 e. The van der Waals surface area contributed by atoms with Crippen LogP contribution in [0.2, 0.25) is 0 Å². The highest BCUT2D eigenvalue weighted by Crippen LogP contribution is 2.08. The van der Waals surface area contributed by atoms with Crippen molar-refractivity contribution in [3.63, 3.8) is 0 Å². The molecule has 4 heteroatoms. The molecule has 1 aromatic rings. The van der Waals surface area contributed by atoms with Crippen LogP contribution in [-0.4, -0.2) is 16.3 Å². The van der Waals surface area contributed by atoms with Gasteiger partial charge in [-0.15, -0.1) is 0 Å². The molecule has 0 saturated carbocycles. The van der Waals surface area contributed by atoms with Crippen molar-refractivity contribution >= 4 is 0 Å². The lowest BCUT2D eigenvalue weighted by molar-refractivity contribution is 0.467. The minimum atomic E-state index is 0.0361. The number of nitrogens with two attached hydrogens (primary N) is 1. The van der Waals surface area contributed by atoms with E-state index >= 15 is 0 Å². The molecule has 0 amide bonds. The second kappa shape index (κ2) is 4.46. The van der Waals surface area contributed by atoms with E-state index in [1.165, 1.54) is 0 Å². The van der Waals surface area contributed by atoms with E-state index in [-0.39, 0.29) is 11.5 Å². The van der Waals surface area contributed by atoms with Gasteiger partial charge in [-0.3, -0.25) is 14.6 Å². The standard InChI is InChI=1S/C10H19N3O/c1-7(2)6-13-10(14)4-9(12-13)8(3)5-11/h4,7-8,12H,5-6,11H2,1-3H3. The van der Waals surface area contributed by atoms with Gasteiger partial charge in [0.1, 0.15) is 0 Å². The van der Waals surface area contributed by atoms with Crippen molar-refractivity contribution in [2.45, 2.75) is 33.2 Å². The van der Waals surface area contributed by atoms with Gasteiger partial charge in [-0.1, -0.05) is 20.8 Å². The molecule has 0 spiro atoms. The average Bonchev–Trinajstić information content (AvgIpc) is 2.46. The summed E-state index contributed by atoms with van der Waals surface area (Å²) in [7, 11) is 0. The van der Waals surface area contributed by atoms with Crippen LogP contribution in [0.15, 0.2) is 10.9 Å². The van der Waals surface area contributed by atoms with Gasteiger partial charge in [-0.05, 0) is 5.92 Å². The van der Waals surface area contributed by atoms with Crippen LogP contribution in [0.1, 0.15) is 32.4 Å². The molecule has 1 heterocycles. The Morgan fingerprint density at radius 1 is 1.50 bits per heavy atom. The van der Waals surface area contributed by atoms with Crippen molar-refractivity contribution < 1.29 is 0 Å². The molecule has 0 aliphatic carbocycles. The molecule has 0 aromatic carbocycles. The molecule has 1 atom stereocenters. The Hall–Kier alpha value is -1.03. The molecule has 4 nitrogen and oxygen atoms in total. The van der Waals surface area contributed by atoms with Crippen LogP contribution in [0, 0.1) is 5.92 Å². The highest BCUT2D eigenvalue weighted by Gasteiger charge is 2.09. The summed E-state index contributed by atoms with van der Waals surface area (Å²) in [6.45, 7) is 7.46. The monoisotopic (exact) mass is 197 g/mol. The average molecular weight is 197 g/mol. The van der Waals surface area contributed by atoms with E-state index in [2.05, 4.69) is 18.9 Å². The van der Waals surface area contributed by atoms with Crippen molar-refractivity contribution in [3.8, 4) is 0 Å². The molecule has 14 heavy (non-hydrogen) atoms. The highest BCUT2D eigenvalue weighted by atomic mass is 16.1. The highest BCUT2D eigenvalue weighted by molar-refractivity contribution is 5.05. The molecule has 0 bridgehead atoms. The number of aromatic nitrogens is 2. The van der Waals surface area contributed by atoms with Crippen LogP contribution in [0.25, 0.3) is 0 Å². The number of aromatic amines is 1. The number of rotatable bonds is 4. The predicted molar refractivity (Wildman–Crippen MR) is 57.4 cm³/mol. The van der Waals surface area contributed by atoms with Gasteiger partial charge in [0.25, 0.3) is 5.56 Å². The van der Waals surface area contributed by atoms with Gasteiger partial charge in [-0.2, -0.15) is 0 Å². The van der Waals surface area contributed by atoms with E-state index in [0.29, 0.717) is 12.5 Å². The minimum Gasteiger partial charge on any atom is -0.330 e. The molecular weight excluding hydrogens is 178 g/mol. The van der Waals surface area contributed by atoms with Gasteiger partial charge in [0.2, 0.25) is 0 Å². The lowest BCUT2D eigenvalue weighted by atomic mass is 10.1. The molecule has 0 radical (unpaired) electrons. The second-order valence-electron chi connectivity index (χ2n) is 4.19. The van der Waals surface area contributed by atoms with Crippen LogP contribution in [0.4, 0.5) is 0 Å². The van der Waals surface area contributed by atoms with Crippen molar-refractivity contribution in [1.29, 1.82) is 0 Å². The summed E-state index contributed by atoms with van der Waals surface area (Å²) < 4.78 is 1.64. The summed E-state index contributed by atoms with van der Waals surface area (Å²) in [5.41, 5.74) is 6.50. The van der Waals surface area contributed by atoms with Gasteiger partial charge in [-0.25, -0.2) is 0 Å². The van der Waals surface area contributed by atoms with E-state index in [4.69, 9.17) is 5.73 Å². The summed E-state index contributed by atoms with van der Waals surface area (Å²) >= 11 is 0. The minimum absolute atomic E-state index is 0.0361. The third-order valence-electron chi connectivity index (χ3n) is 2.24. The van der Waals surface area contributed by atoms with Crippen LogP contribution in [0.5, 0.6) is 0 Å². The summed E-state index contributed by atoms with van der Waals surface area (Å²) in [6, 6.07) is 1.64. The van der Waals surface area contributed by atoms with E-state index in [9.17, 15) is 4.79 Å². The lowest BCUT2D eigenvalue weighted by Gasteiger charge is -2.07. The Kier molecular flexibility index (Phi) is 3.52. The van der Waals surface area contributed by atoms with Gasteiger partial charge in [0.05, 0.1) is 0 Å². The fraction of sp³-hybridized carbons (Fsp3) is 0.700. The topological polar surface area (TPSA) is 63.8 Å². The number of hydrogen-bond acceptors (Lipinski definition) is 2. The Morgan fingerprint density at radius 3 is 2.64 bits per heavy atom. The first kappa shape index (κ1) is 11.0. The zero-order valence-corrected chi connectivity index (χ0v) is 9.08. The molecule has 1 rings (SSSR count). The lowest BCUT2D eigenvalue weighted by Crippen LogP contribution is -2.18. The molecule has 0 fully saturated rings. The third-order valence-corrected chi connectivity index (χ3v) is 2.24. The first-order valence-corrected chi connectivity index (χ1v) is 5.04. The molecule has 1 unspecified atom stereocenters. The second-order valence-corrected chi connectivity index (χ2v) is 4.19. The van der Waals surface area contributed by atoms with Gasteiger partial charge < -0.3 is 5.73 Å². The summed E-state index contributed by atoms with van der Waals surface area (Å²) in [6.07, 6.45) is 0. The van der Waals surface area contributed by atoms with Gasteiger partial charge in [0.15, 0.2) is 0 Å². The SMILES string of the molecule is CC(C)Cn1[nH]c(C(C)CN)cc1=O. The number of nitrogens with one attached hydrogen (secondary N) is 1. The van der Waals surface area contributed by atoms with Crippen molar-refractivity contribution in [2.24, 2.45) is 11.7 Å². The maximum atomic E-state index is 11.5. The number of hydrogen-bond donors (Lipinski definition) is 2. The smallest absolute Gasteiger partial charge is 0.266 e. The molecule has 0 saturated heterocycles. The molecular formula is C10H19N3O. The summed E-state index contributed by atoms with van der Waals surface area (Å²) in [4.78, 5) is 11.5. The van der Waals surface area contributed by atoms with Crippen LogP contribution in [0.3, 0.4) is 0 Å². The first-order valence-electron chi connectivity index (χ1n) is 5.04. The van der Waals surface area contributed by atoms with Crippen LogP contribution in [-0.2, 0) is 6.54 Å². The van der Waals surface area contributed by atoms with Crippen molar-refractivity contribution in [3.05, 3.63) is 22.1 Å². The summed E-state index contributed by atoms with van der Waals surface area (Å²) in [5, 5.41) is 3.09. The number of nitrogens with zero attached hydrogens (tertiary/aromatic N) is 1. The molecule has 80 valence electrons. The van der Waals surface area contributed by atoms with E-state index < -0.39 is 0 Å². The first-order chi connectivity index (χ1) is 6.54. The molecule has 0 aliphatic rings. The largest absolute Gasteiger partial charge is 0.330 e. The zero-order chi connectivity index (χ0) is 10.7. The maximum absolute atomic E-state index is 11.5. The third kappa shape index (κ3) is 2.48. The van der Waals surface area contributed by atoms with Crippen LogP contribution < -0.4 is 11.3 Å². The quantitative estimate of drug-likeness (QED) is 0.753. The molecule has 1 aromatic heterocycles. The summed E-state index contributed by atoms with van der Waals surface area (Å²) in [5.74, 6) is 0.684.